The number of carbonyl (C=O) groups is 2. The highest BCUT2D eigenvalue weighted by atomic mass is 32.2. The number of nitrogens with one attached hydrogen (secondary N) is 1. The van der Waals surface area contributed by atoms with Gasteiger partial charge in [-0.2, -0.15) is 10.2 Å². The topological polar surface area (TPSA) is 92.5 Å². The van der Waals surface area contributed by atoms with Crippen LogP contribution < -0.4 is 5.32 Å². The average molecular weight is 268 g/mol. The summed E-state index contributed by atoms with van der Waals surface area (Å²) in [5.41, 5.74) is 0.420. The number of amidine groups is 1. The van der Waals surface area contributed by atoms with Gasteiger partial charge in [-0.15, -0.1) is 0 Å². The number of azo groups is 1. The van der Waals surface area contributed by atoms with Gasteiger partial charge in [0.15, 0.2) is 11.3 Å². The minimum Gasteiger partial charge on any atom is -0.465 e. The third-order valence-electron chi connectivity index (χ3n) is 2.28. The molecule has 2 rings (SSSR count). The van der Waals surface area contributed by atoms with E-state index >= 15 is 0 Å². The lowest BCUT2D eigenvalue weighted by Crippen LogP contribution is -2.39. The van der Waals surface area contributed by atoms with Crippen LogP contribution in [0.1, 0.15) is 13.8 Å². The lowest BCUT2D eigenvalue weighted by molar-refractivity contribution is -0.142. The largest absolute Gasteiger partial charge is 0.465 e. The van der Waals surface area contributed by atoms with Gasteiger partial charge in [-0.3, -0.25) is 9.59 Å². The number of aliphatic imine (C=N–C) groups is 1. The van der Waals surface area contributed by atoms with Crippen molar-refractivity contribution in [2.75, 3.05) is 6.61 Å². The Morgan fingerprint density at radius 3 is 3.17 bits per heavy atom. The lowest BCUT2D eigenvalue weighted by Gasteiger charge is -2.18. The van der Waals surface area contributed by atoms with Crippen LogP contribution >= 0.6 is 11.8 Å². The van der Waals surface area contributed by atoms with Crippen molar-refractivity contribution in [1.29, 1.82) is 0 Å². The van der Waals surface area contributed by atoms with Crippen LogP contribution in [0.25, 0.3) is 0 Å². The third-order valence-corrected chi connectivity index (χ3v) is 3.26. The van der Waals surface area contributed by atoms with Crippen molar-refractivity contribution in [3.63, 3.8) is 0 Å². The summed E-state index contributed by atoms with van der Waals surface area (Å²) < 4.78 is 4.88. The van der Waals surface area contributed by atoms with Gasteiger partial charge in [-0.1, -0.05) is 11.8 Å². The van der Waals surface area contributed by atoms with E-state index in [0.29, 0.717) is 17.3 Å². The van der Waals surface area contributed by atoms with Crippen LogP contribution in [-0.4, -0.2) is 35.1 Å². The Balaban J connectivity index is 2.02. The molecule has 0 radical (unpaired) electrons. The molecule has 0 saturated heterocycles. The molecule has 1 N–H and O–H groups in total. The lowest BCUT2D eigenvalue weighted by atomic mass is 10.2. The van der Waals surface area contributed by atoms with E-state index in [0.717, 1.165) is 11.8 Å². The predicted octanol–water partition coefficient (Wildman–Crippen LogP) is 0.833. The number of nitrogens with zero attached hydrogens (tertiary/aromatic N) is 3. The Morgan fingerprint density at radius 2 is 2.44 bits per heavy atom. The van der Waals surface area contributed by atoms with Crippen LogP contribution in [0, 0.1) is 0 Å². The van der Waals surface area contributed by atoms with Crippen LogP contribution in [0.15, 0.2) is 27.0 Å². The highest BCUT2D eigenvalue weighted by Crippen LogP contribution is 2.23. The molecule has 2 heterocycles. The first-order valence-electron chi connectivity index (χ1n) is 5.44. The van der Waals surface area contributed by atoms with Crippen LogP contribution in [0.3, 0.4) is 0 Å². The molecular weight excluding hydrogens is 256 g/mol. The summed E-state index contributed by atoms with van der Waals surface area (Å²) in [4.78, 5) is 27.3. The minimum atomic E-state index is -0.573. The zero-order valence-corrected chi connectivity index (χ0v) is 10.7. The van der Waals surface area contributed by atoms with E-state index in [1.54, 1.807) is 13.8 Å². The molecule has 0 saturated carbocycles. The molecule has 0 spiro atoms. The van der Waals surface area contributed by atoms with Crippen LogP contribution in [0.4, 0.5) is 0 Å². The molecule has 2 aliphatic rings. The first-order chi connectivity index (χ1) is 8.61. The molecule has 18 heavy (non-hydrogen) atoms. The van der Waals surface area contributed by atoms with Crippen molar-refractivity contribution >= 4 is 28.8 Å². The molecule has 2 aliphatic heterocycles. The fraction of sp³-hybridized carbons (Fsp3) is 0.500. The molecule has 7 nitrogen and oxygen atoms in total. The fourth-order valence-electron chi connectivity index (χ4n) is 1.41. The quantitative estimate of drug-likeness (QED) is 0.767. The number of fused-ring (bicyclic) bond motifs is 1. The summed E-state index contributed by atoms with van der Waals surface area (Å²) in [6, 6.07) is 0. The summed E-state index contributed by atoms with van der Waals surface area (Å²) in [6.45, 7) is 3.76. The first kappa shape index (κ1) is 12.7. The first-order valence-corrected chi connectivity index (χ1v) is 6.32. The molecule has 1 amide bonds. The van der Waals surface area contributed by atoms with Crippen molar-refractivity contribution in [3.8, 4) is 0 Å². The van der Waals surface area contributed by atoms with Gasteiger partial charge in [0, 0.05) is 0 Å². The van der Waals surface area contributed by atoms with Crippen LogP contribution in [0.5, 0.6) is 0 Å². The molecule has 0 fully saturated rings. The van der Waals surface area contributed by atoms with E-state index in [1.807, 2.05) is 0 Å². The molecule has 96 valence electrons. The zero-order valence-electron chi connectivity index (χ0n) is 9.91. The SMILES string of the molecule is CCOC(=O)C(C)SC1=NC2N=NC=C2C(=O)N1. The van der Waals surface area contributed by atoms with Gasteiger partial charge in [0.25, 0.3) is 5.91 Å². The van der Waals surface area contributed by atoms with Crippen LogP contribution in [0.2, 0.25) is 0 Å². The van der Waals surface area contributed by atoms with E-state index in [2.05, 4.69) is 20.5 Å². The van der Waals surface area contributed by atoms with Gasteiger partial charge in [-0.25, -0.2) is 4.99 Å². The molecule has 2 unspecified atom stereocenters. The molecule has 0 aromatic carbocycles. The maximum absolute atomic E-state index is 11.7. The number of carbonyl (C=O) groups excluding carboxylic acids is 2. The third kappa shape index (κ3) is 2.58. The smallest absolute Gasteiger partial charge is 0.319 e. The number of rotatable bonds is 3. The highest BCUT2D eigenvalue weighted by molar-refractivity contribution is 8.14. The summed E-state index contributed by atoms with van der Waals surface area (Å²) in [7, 11) is 0. The highest BCUT2D eigenvalue weighted by Gasteiger charge is 2.31. The second-order valence-electron chi connectivity index (χ2n) is 3.59. The number of hydrogen-bond donors (Lipinski definition) is 1. The van der Waals surface area contributed by atoms with E-state index < -0.39 is 11.4 Å². The Hall–Kier alpha value is -1.70. The van der Waals surface area contributed by atoms with Gasteiger partial charge in [0.05, 0.1) is 18.4 Å². The number of ether oxygens (including phenoxy) is 1. The second-order valence-corrected chi connectivity index (χ2v) is 4.92. The Kier molecular flexibility index (Phi) is 3.75. The second kappa shape index (κ2) is 5.30. The molecule has 0 aromatic rings. The van der Waals surface area contributed by atoms with Gasteiger partial charge in [0.1, 0.15) is 5.25 Å². The Labute approximate surface area is 108 Å². The number of esters is 1. The number of amides is 1. The molecule has 8 heteroatoms. The summed E-state index contributed by atoms with van der Waals surface area (Å²) in [5, 5.41) is 9.97. The van der Waals surface area contributed by atoms with Gasteiger partial charge >= 0.3 is 5.97 Å². The standard InChI is InChI=1S/C10H12N4O3S/c1-3-17-9(16)5(2)18-10-12-7-6(4-11-14-7)8(15)13-10/h4-5,7H,3H2,1-2H3,(H,12,13,15). The Morgan fingerprint density at radius 1 is 1.67 bits per heavy atom. The van der Waals surface area contributed by atoms with E-state index in [1.165, 1.54) is 6.20 Å². The maximum atomic E-state index is 11.7. The number of thioether (sulfide) groups is 1. The van der Waals surface area contributed by atoms with Crippen molar-refractivity contribution in [3.05, 3.63) is 11.8 Å². The van der Waals surface area contributed by atoms with Gasteiger partial charge < -0.3 is 10.1 Å². The van der Waals surface area contributed by atoms with Crippen molar-refractivity contribution < 1.29 is 14.3 Å². The molecule has 0 aromatic heterocycles. The predicted molar refractivity (Wildman–Crippen MR) is 66.0 cm³/mol. The average Bonchev–Trinajstić information content (AvgIpc) is 2.77. The Bertz CT molecular complexity index is 472. The molecule has 0 bridgehead atoms. The molecule has 2 atom stereocenters. The minimum absolute atomic E-state index is 0.279. The van der Waals surface area contributed by atoms with E-state index in [9.17, 15) is 9.59 Å². The van der Waals surface area contributed by atoms with E-state index in [4.69, 9.17) is 4.74 Å². The molecular formula is C10H12N4O3S. The van der Waals surface area contributed by atoms with Crippen molar-refractivity contribution in [2.24, 2.45) is 15.2 Å². The number of hydrogen-bond acceptors (Lipinski definition) is 7. The fourth-order valence-corrected chi connectivity index (χ4v) is 2.22. The van der Waals surface area contributed by atoms with Gasteiger partial charge in [-0.05, 0) is 13.8 Å². The van der Waals surface area contributed by atoms with Crippen molar-refractivity contribution in [2.45, 2.75) is 25.3 Å². The summed E-state index contributed by atoms with van der Waals surface area (Å²) >= 11 is 1.14. The van der Waals surface area contributed by atoms with Crippen LogP contribution in [-0.2, 0) is 14.3 Å². The van der Waals surface area contributed by atoms with Crippen molar-refractivity contribution in [1.82, 2.24) is 5.32 Å². The van der Waals surface area contributed by atoms with Gasteiger partial charge in [0.2, 0.25) is 0 Å². The summed E-state index contributed by atoms with van der Waals surface area (Å²) in [5.74, 6) is -0.618. The summed E-state index contributed by atoms with van der Waals surface area (Å²) in [6.07, 6.45) is 0.815. The molecule has 0 aliphatic carbocycles. The zero-order chi connectivity index (χ0) is 13.1. The normalized spacial score (nSPS) is 22.8. The monoisotopic (exact) mass is 268 g/mol. The van der Waals surface area contributed by atoms with E-state index in [-0.39, 0.29) is 11.9 Å². The maximum Gasteiger partial charge on any atom is 0.319 e.